The lowest BCUT2D eigenvalue weighted by Gasteiger charge is -2.16. The number of rotatable bonds is 5. The van der Waals surface area contributed by atoms with E-state index in [9.17, 15) is 0 Å². The van der Waals surface area contributed by atoms with Gasteiger partial charge in [-0.25, -0.2) is 0 Å². The van der Waals surface area contributed by atoms with E-state index in [4.69, 9.17) is 4.42 Å². The molecule has 0 amide bonds. The Hall–Kier alpha value is -1.81. The number of oxazole rings is 1. The number of benzene rings is 1. The molecule has 1 aliphatic carbocycles. The highest BCUT2D eigenvalue weighted by molar-refractivity contribution is 5.59. The van der Waals surface area contributed by atoms with Crippen LogP contribution in [0.3, 0.4) is 0 Å². The second-order valence-electron chi connectivity index (χ2n) is 5.12. The van der Waals surface area contributed by atoms with Crippen LogP contribution in [0.15, 0.2) is 34.9 Å². The van der Waals surface area contributed by atoms with Crippen molar-refractivity contribution >= 4 is 11.7 Å². The summed E-state index contributed by atoms with van der Waals surface area (Å²) in [5.41, 5.74) is 3.29. The van der Waals surface area contributed by atoms with Crippen molar-refractivity contribution in [2.24, 2.45) is 0 Å². The standard InChI is InChI=1S/C15H19N3O/c1-11-5-3-4-6-14(11)18(2)15-17-13(10-19-15)9-16-12-7-8-12/h3-6,10,12,16H,7-9H2,1-2H3. The maximum absolute atomic E-state index is 5.56. The molecule has 1 aromatic carbocycles. The summed E-state index contributed by atoms with van der Waals surface area (Å²) in [4.78, 5) is 6.51. The lowest BCUT2D eigenvalue weighted by Crippen LogP contribution is -2.16. The lowest BCUT2D eigenvalue weighted by molar-refractivity contribution is 0.557. The van der Waals surface area contributed by atoms with Gasteiger partial charge in [0.15, 0.2) is 0 Å². The monoisotopic (exact) mass is 257 g/mol. The van der Waals surface area contributed by atoms with Gasteiger partial charge in [0.2, 0.25) is 0 Å². The number of nitrogens with one attached hydrogen (secondary N) is 1. The number of para-hydroxylation sites is 1. The summed E-state index contributed by atoms with van der Waals surface area (Å²) in [6.07, 6.45) is 4.31. The molecule has 19 heavy (non-hydrogen) atoms. The molecular weight excluding hydrogens is 238 g/mol. The van der Waals surface area contributed by atoms with Gasteiger partial charge in [0.25, 0.3) is 0 Å². The van der Waals surface area contributed by atoms with Crippen molar-refractivity contribution in [2.75, 3.05) is 11.9 Å². The molecule has 1 N–H and O–H groups in total. The Kier molecular flexibility index (Phi) is 3.25. The maximum atomic E-state index is 5.56. The molecule has 2 aromatic rings. The van der Waals surface area contributed by atoms with Crippen LogP contribution in [-0.2, 0) is 6.54 Å². The fraction of sp³-hybridized carbons (Fsp3) is 0.400. The van der Waals surface area contributed by atoms with Crippen molar-refractivity contribution in [2.45, 2.75) is 32.4 Å². The van der Waals surface area contributed by atoms with Crippen LogP contribution in [0.4, 0.5) is 11.7 Å². The smallest absolute Gasteiger partial charge is 0.301 e. The van der Waals surface area contributed by atoms with Gasteiger partial charge in [-0.05, 0) is 31.4 Å². The zero-order valence-electron chi connectivity index (χ0n) is 11.4. The Morgan fingerprint density at radius 3 is 2.89 bits per heavy atom. The summed E-state index contributed by atoms with van der Waals surface area (Å²) >= 11 is 0. The number of hydrogen-bond acceptors (Lipinski definition) is 4. The predicted molar refractivity (Wildman–Crippen MR) is 75.6 cm³/mol. The SMILES string of the molecule is Cc1ccccc1N(C)c1nc(CNC2CC2)co1. The molecule has 0 spiro atoms. The summed E-state index contributed by atoms with van der Waals surface area (Å²) in [7, 11) is 1.98. The predicted octanol–water partition coefficient (Wildman–Crippen LogP) is 3.00. The van der Waals surface area contributed by atoms with Gasteiger partial charge in [0.1, 0.15) is 6.26 Å². The van der Waals surface area contributed by atoms with Gasteiger partial charge >= 0.3 is 6.01 Å². The van der Waals surface area contributed by atoms with Crippen molar-refractivity contribution in [3.05, 3.63) is 41.8 Å². The number of aromatic nitrogens is 1. The highest BCUT2D eigenvalue weighted by Crippen LogP contribution is 2.26. The van der Waals surface area contributed by atoms with E-state index in [2.05, 4.69) is 29.4 Å². The van der Waals surface area contributed by atoms with E-state index >= 15 is 0 Å². The molecule has 1 fully saturated rings. The lowest BCUT2D eigenvalue weighted by atomic mass is 10.2. The quantitative estimate of drug-likeness (QED) is 0.894. The van der Waals surface area contributed by atoms with Crippen LogP contribution in [0.2, 0.25) is 0 Å². The van der Waals surface area contributed by atoms with Crippen molar-refractivity contribution in [3.8, 4) is 0 Å². The van der Waals surface area contributed by atoms with Crippen LogP contribution in [0.5, 0.6) is 0 Å². The van der Waals surface area contributed by atoms with Crippen molar-refractivity contribution in [3.63, 3.8) is 0 Å². The Labute approximate surface area is 113 Å². The van der Waals surface area contributed by atoms with E-state index in [1.807, 2.05) is 24.1 Å². The Balaban J connectivity index is 1.72. The summed E-state index contributed by atoms with van der Waals surface area (Å²) in [6, 6.07) is 9.55. The van der Waals surface area contributed by atoms with Gasteiger partial charge in [-0.1, -0.05) is 18.2 Å². The summed E-state index contributed by atoms with van der Waals surface area (Å²) in [5, 5.41) is 3.44. The van der Waals surface area contributed by atoms with Crippen molar-refractivity contribution < 1.29 is 4.42 Å². The molecule has 1 saturated carbocycles. The molecule has 3 rings (SSSR count). The number of anilines is 2. The van der Waals surface area contributed by atoms with Gasteiger partial charge in [-0.3, -0.25) is 4.90 Å². The third-order valence-corrected chi connectivity index (χ3v) is 3.45. The van der Waals surface area contributed by atoms with E-state index < -0.39 is 0 Å². The van der Waals surface area contributed by atoms with Crippen LogP contribution in [0.1, 0.15) is 24.1 Å². The maximum Gasteiger partial charge on any atom is 0.301 e. The van der Waals surface area contributed by atoms with Gasteiger partial charge in [0.05, 0.1) is 5.69 Å². The largest absolute Gasteiger partial charge is 0.431 e. The molecular formula is C15H19N3O. The molecule has 0 atom stereocenters. The van der Waals surface area contributed by atoms with Crippen LogP contribution >= 0.6 is 0 Å². The van der Waals surface area contributed by atoms with Gasteiger partial charge < -0.3 is 9.73 Å². The molecule has 4 heteroatoms. The Morgan fingerprint density at radius 1 is 1.37 bits per heavy atom. The molecule has 4 nitrogen and oxygen atoms in total. The topological polar surface area (TPSA) is 41.3 Å². The average molecular weight is 257 g/mol. The third kappa shape index (κ3) is 2.79. The summed E-state index contributed by atoms with van der Waals surface area (Å²) in [5.74, 6) is 0. The number of aryl methyl sites for hydroxylation is 1. The third-order valence-electron chi connectivity index (χ3n) is 3.45. The minimum Gasteiger partial charge on any atom is -0.431 e. The molecule has 0 radical (unpaired) electrons. The molecule has 0 unspecified atom stereocenters. The van der Waals surface area contributed by atoms with E-state index in [0.717, 1.165) is 17.9 Å². The number of hydrogen-bond donors (Lipinski definition) is 1. The van der Waals surface area contributed by atoms with E-state index in [1.165, 1.54) is 18.4 Å². The second-order valence-corrected chi connectivity index (χ2v) is 5.12. The first kappa shape index (κ1) is 12.2. The van der Waals surface area contributed by atoms with E-state index in [0.29, 0.717) is 12.1 Å². The Bertz CT molecular complexity index is 560. The van der Waals surface area contributed by atoms with Crippen LogP contribution in [-0.4, -0.2) is 18.1 Å². The zero-order valence-corrected chi connectivity index (χ0v) is 11.4. The molecule has 0 saturated heterocycles. The molecule has 0 aliphatic heterocycles. The fourth-order valence-electron chi connectivity index (χ4n) is 2.11. The van der Waals surface area contributed by atoms with E-state index in [1.54, 1.807) is 6.26 Å². The zero-order chi connectivity index (χ0) is 13.2. The second kappa shape index (κ2) is 5.05. The average Bonchev–Trinajstić information content (AvgIpc) is 3.13. The van der Waals surface area contributed by atoms with Crippen LogP contribution < -0.4 is 10.2 Å². The first-order chi connectivity index (χ1) is 9.24. The minimum absolute atomic E-state index is 0.641. The molecule has 0 bridgehead atoms. The Morgan fingerprint density at radius 2 is 2.16 bits per heavy atom. The van der Waals surface area contributed by atoms with E-state index in [-0.39, 0.29) is 0 Å². The van der Waals surface area contributed by atoms with Gasteiger partial charge in [0, 0.05) is 25.3 Å². The highest BCUT2D eigenvalue weighted by Gasteiger charge is 2.21. The fourth-order valence-corrected chi connectivity index (χ4v) is 2.11. The van der Waals surface area contributed by atoms with Crippen LogP contribution in [0, 0.1) is 6.92 Å². The van der Waals surface area contributed by atoms with Gasteiger partial charge in [-0.15, -0.1) is 0 Å². The summed E-state index contributed by atoms with van der Waals surface area (Å²) < 4.78 is 5.56. The number of nitrogens with zero attached hydrogens (tertiary/aromatic N) is 2. The molecule has 1 aromatic heterocycles. The normalized spacial score (nSPS) is 14.6. The summed E-state index contributed by atoms with van der Waals surface area (Å²) in [6.45, 7) is 2.88. The molecule has 1 heterocycles. The molecule has 100 valence electrons. The van der Waals surface area contributed by atoms with Gasteiger partial charge in [-0.2, -0.15) is 4.98 Å². The minimum atomic E-state index is 0.641. The van der Waals surface area contributed by atoms with Crippen LogP contribution in [0.25, 0.3) is 0 Å². The first-order valence-electron chi connectivity index (χ1n) is 6.71. The molecule has 1 aliphatic rings. The highest BCUT2D eigenvalue weighted by atomic mass is 16.4. The first-order valence-corrected chi connectivity index (χ1v) is 6.71. The van der Waals surface area contributed by atoms with Crippen molar-refractivity contribution in [1.82, 2.24) is 10.3 Å². The van der Waals surface area contributed by atoms with Crippen molar-refractivity contribution in [1.29, 1.82) is 0 Å².